The van der Waals surface area contributed by atoms with E-state index >= 15 is 0 Å². The van der Waals surface area contributed by atoms with Crippen molar-refractivity contribution < 1.29 is 4.79 Å². The van der Waals surface area contributed by atoms with Gasteiger partial charge in [0, 0.05) is 21.2 Å². The minimum atomic E-state index is -0.419. The average molecular weight is 332 g/mol. The predicted octanol–water partition coefficient (Wildman–Crippen LogP) is 3.33. The molecule has 1 amide bonds. The first-order valence-electron chi connectivity index (χ1n) is 6.66. The molecule has 4 nitrogen and oxygen atoms in total. The molecule has 3 rings (SSSR count). The van der Waals surface area contributed by atoms with Gasteiger partial charge in [-0.3, -0.25) is 4.79 Å². The van der Waals surface area contributed by atoms with E-state index in [1.54, 1.807) is 11.8 Å². The molecule has 0 aromatic heterocycles. The fourth-order valence-electron chi connectivity index (χ4n) is 2.53. The number of aliphatic imine (C=N–C) groups is 1. The van der Waals surface area contributed by atoms with Gasteiger partial charge < -0.3 is 11.5 Å². The van der Waals surface area contributed by atoms with Gasteiger partial charge in [0.25, 0.3) is 5.91 Å². The van der Waals surface area contributed by atoms with Crippen molar-refractivity contribution in [3.8, 4) is 11.1 Å². The van der Waals surface area contributed by atoms with Gasteiger partial charge >= 0.3 is 0 Å². The summed E-state index contributed by atoms with van der Waals surface area (Å²) in [5, 5.41) is 0.772. The Morgan fingerprint density at radius 2 is 2.05 bits per heavy atom. The highest BCUT2D eigenvalue weighted by Gasteiger charge is 2.21. The SMILES string of the molecule is Cc1cc2c(cc1C(=O)N=C(N)N)SCc1c(Cl)cccc1-2. The third-order valence-corrected chi connectivity index (χ3v) is 5.00. The van der Waals surface area contributed by atoms with Gasteiger partial charge in [-0.1, -0.05) is 23.7 Å². The second-order valence-electron chi connectivity index (χ2n) is 5.06. The Morgan fingerprint density at radius 3 is 2.77 bits per heavy atom. The Labute approximate surface area is 137 Å². The number of carbonyl (C=O) groups is 1. The maximum Gasteiger partial charge on any atom is 0.280 e. The first-order chi connectivity index (χ1) is 10.5. The smallest absolute Gasteiger partial charge is 0.280 e. The monoisotopic (exact) mass is 331 g/mol. The number of carbonyl (C=O) groups excluding carboxylic acids is 1. The molecule has 22 heavy (non-hydrogen) atoms. The lowest BCUT2D eigenvalue weighted by molar-refractivity contribution is 0.100. The van der Waals surface area contributed by atoms with Crippen molar-refractivity contribution in [2.45, 2.75) is 17.6 Å². The molecule has 2 aromatic rings. The topological polar surface area (TPSA) is 81.5 Å². The summed E-state index contributed by atoms with van der Waals surface area (Å²) in [7, 11) is 0. The van der Waals surface area contributed by atoms with E-state index in [1.165, 1.54) is 0 Å². The lowest BCUT2D eigenvalue weighted by Gasteiger charge is -2.21. The van der Waals surface area contributed by atoms with Crippen LogP contribution in [0.15, 0.2) is 40.2 Å². The van der Waals surface area contributed by atoms with Crippen LogP contribution in [0.4, 0.5) is 0 Å². The highest BCUT2D eigenvalue weighted by molar-refractivity contribution is 7.98. The number of benzene rings is 2. The second-order valence-corrected chi connectivity index (χ2v) is 6.48. The quantitative estimate of drug-likeness (QED) is 0.620. The molecular formula is C16H14ClN3OS. The second kappa shape index (κ2) is 5.66. The van der Waals surface area contributed by atoms with Crippen LogP contribution < -0.4 is 11.5 Å². The number of hydrogen-bond acceptors (Lipinski definition) is 2. The Kier molecular flexibility index (Phi) is 3.85. The summed E-state index contributed by atoms with van der Waals surface area (Å²) in [6.07, 6.45) is 0. The van der Waals surface area contributed by atoms with Crippen molar-refractivity contribution in [3.05, 3.63) is 52.0 Å². The molecule has 0 atom stereocenters. The maximum atomic E-state index is 12.1. The summed E-state index contributed by atoms with van der Waals surface area (Å²) in [6, 6.07) is 9.74. The van der Waals surface area contributed by atoms with E-state index in [9.17, 15) is 4.79 Å². The standard InChI is InChI=1S/C16H14ClN3OS/c1-8-5-11-9-3-2-4-13(17)12(9)7-22-14(11)6-10(8)15(21)20-16(18)19/h2-6H,7H2,1H3,(H4,18,19,20,21). The van der Waals surface area contributed by atoms with Gasteiger partial charge in [0.15, 0.2) is 5.96 Å². The van der Waals surface area contributed by atoms with Gasteiger partial charge in [-0.15, -0.1) is 11.8 Å². The fraction of sp³-hybridized carbons (Fsp3) is 0.125. The van der Waals surface area contributed by atoms with E-state index in [4.69, 9.17) is 23.1 Å². The normalized spacial score (nSPS) is 12.3. The van der Waals surface area contributed by atoms with E-state index in [1.807, 2.05) is 31.2 Å². The summed E-state index contributed by atoms with van der Waals surface area (Å²) in [6.45, 7) is 1.87. The third kappa shape index (κ3) is 2.58. The van der Waals surface area contributed by atoms with E-state index in [-0.39, 0.29) is 5.96 Å². The number of nitrogens with two attached hydrogens (primary N) is 2. The zero-order valence-electron chi connectivity index (χ0n) is 11.9. The molecule has 0 radical (unpaired) electrons. The highest BCUT2D eigenvalue weighted by atomic mass is 35.5. The maximum absolute atomic E-state index is 12.1. The van der Waals surface area contributed by atoms with Gasteiger partial charge in [0.1, 0.15) is 0 Å². The van der Waals surface area contributed by atoms with Crippen molar-refractivity contribution >= 4 is 35.2 Å². The van der Waals surface area contributed by atoms with E-state index in [2.05, 4.69) is 11.1 Å². The van der Waals surface area contributed by atoms with Gasteiger partial charge in [0.05, 0.1) is 0 Å². The minimum absolute atomic E-state index is 0.230. The van der Waals surface area contributed by atoms with E-state index in [0.29, 0.717) is 5.56 Å². The summed E-state index contributed by atoms with van der Waals surface area (Å²) in [5.74, 6) is 0.130. The van der Waals surface area contributed by atoms with Crippen LogP contribution in [0.5, 0.6) is 0 Å². The van der Waals surface area contributed by atoms with E-state index < -0.39 is 5.91 Å². The number of fused-ring (bicyclic) bond motifs is 3. The Hall–Kier alpha value is -1.98. The summed E-state index contributed by atoms with van der Waals surface area (Å²) in [4.78, 5) is 16.7. The fourth-order valence-corrected chi connectivity index (χ4v) is 3.99. The van der Waals surface area contributed by atoms with Crippen LogP contribution in [0.1, 0.15) is 21.5 Å². The van der Waals surface area contributed by atoms with Gasteiger partial charge in [0.2, 0.25) is 0 Å². The number of aryl methyl sites for hydroxylation is 1. The molecule has 0 spiro atoms. The average Bonchev–Trinajstić information content (AvgIpc) is 2.46. The van der Waals surface area contributed by atoms with Crippen LogP contribution in [-0.2, 0) is 5.75 Å². The number of guanidine groups is 1. The molecule has 1 aliphatic heterocycles. The molecule has 1 heterocycles. The molecule has 2 aromatic carbocycles. The third-order valence-electron chi connectivity index (χ3n) is 3.57. The number of thioether (sulfide) groups is 1. The van der Waals surface area contributed by atoms with E-state index in [0.717, 1.165) is 37.9 Å². The first kappa shape index (κ1) is 14.9. The molecule has 1 aliphatic rings. The van der Waals surface area contributed by atoms with Gasteiger partial charge in [-0.25, -0.2) is 0 Å². The number of halogens is 1. The van der Waals surface area contributed by atoms with Crippen LogP contribution in [0.2, 0.25) is 5.02 Å². The predicted molar refractivity (Wildman–Crippen MR) is 91.3 cm³/mol. The molecule has 112 valence electrons. The molecule has 4 N–H and O–H groups in total. The minimum Gasteiger partial charge on any atom is -0.370 e. The van der Waals surface area contributed by atoms with Crippen LogP contribution in [0, 0.1) is 6.92 Å². The van der Waals surface area contributed by atoms with Crippen molar-refractivity contribution in [1.29, 1.82) is 0 Å². The number of nitrogens with zero attached hydrogens (tertiary/aromatic N) is 1. The number of hydrogen-bond donors (Lipinski definition) is 2. The summed E-state index contributed by atoms with van der Waals surface area (Å²) >= 11 is 7.93. The van der Waals surface area contributed by atoms with Crippen LogP contribution in [-0.4, -0.2) is 11.9 Å². The molecule has 0 saturated carbocycles. The highest BCUT2D eigenvalue weighted by Crippen LogP contribution is 2.44. The zero-order valence-corrected chi connectivity index (χ0v) is 13.5. The number of amides is 1. The molecule has 6 heteroatoms. The Bertz CT molecular complexity index is 813. The van der Waals surface area contributed by atoms with Gasteiger partial charge in [-0.2, -0.15) is 4.99 Å². The van der Waals surface area contributed by atoms with Crippen molar-refractivity contribution in [3.63, 3.8) is 0 Å². The Balaban J connectivity index is 2.14. The number of rotatable bonds is 1. The summed E-state index contributed by atoms with van der Waals surface area (Å²) in [5.41, 5.74) is 15.3. The summed E-state index contributed by atoms with van der Waals surface area (Å²) < 4.78 is 0. The molecular weight excluding hydrogens is 318 g/mol. The van der Waals surface area contributed by atoms with Crippen LogP contribution >= 0.6 is 23.4 Å². The lowest BCUT2D eigenvalue weighted by Crippen LogP contribution is -2.24. The van der Waals surface area contributed by atoms with Gasteiger partial charge in [-0.05, 0) is 47.4 Å². The van der Waals surface area contributed by atoms with Crippen molar-refractivity contribution in [2.24, 2.45) is 16.5 Å². The lowest BCUT2D eigenvalue weighted by atomic mass is 9.96. The van der Waals surface area contributed by atoms with Crippen molar-refractivity contribution in [1.82, 2.24) is 0 Å². The zero-order chi connectivity index (χ0) is 15.9. The molecule has 0 unspecified atom stereocenters. The molecule has 0 bridgehead atoms. The largest absolute Gasteiger partial charge is 0.370 e. The Morgan fingerprint density at radius 1 is 1.27 bits per heavy atom. The molecule has 0 aliphatic carbocycles. The molecule has 0 fully saturated rings. The van der Waals surface area contributed by atoms with Crippen LogP contribution in [0.25, 0.3) is 11.1 Å². The van der Waals surface area contributed by atoms with Crippen molar-refractivity contribution in [2.75, 3.05) is 0 Å². The first-order valence-corrected chi connectivity index (χ1v) is 8.03. The van der Waals surface area contributed by atoms with Crippen LogP contribution in [0.3, 0.4) is 0 Å². The molecule has 0 saturated heterocycles.